The molecule has 1 N–H and O–H groups in total. The number of fused-ring (bicyclic) bond motifs is 4. The van der Waals surface area contributed by atoms with Gasteiger partial charge in [-0.05, 0) is 17.7 Å². The number of hydrogen-bond donors (Lipinski definition) is 1. The number of pyridine rings is 1. The van der Waals surface area contributed by atoms with E-state index in [1.165, 1.54) is 0 Å². The molecule has 5 rings (SSSR count). The summed E-state index contributed by atoms with van der Waals surface area (Å²) in [6.07, 6.45) is 0. The van der Waals surface area contributed by atoms with E-state index in [2.05, 4.69) is 10.3 Å². The van der Waals surface area contributed by atoms with Crippen LogP contribution in [0.1, 0.15) is 5.56 Å². The Labute approximate surface area is 168 Å². The van der Waals surface area contributed by atoms with Crippen LogP contribution in [0.4, 0.5) is 14.6 Å². The van der Waals surface area contributed by atoms with E-state index in [0.29, 0.717) is 33.4 Å². The van der Waals surface area contributed by atoms with E-state index < -0.39 is 17.1 Å². The van der Waals surface area contributed by atoms with Gasteiger partial charge in [-0.15, -0.1) is 11.3 Å². The molecule has 0 spiro atoms. The van der Waals surface area contributed by atoms with Crippen molar-refractivity contribution in [3.8, 4) is 0 Å². The highest BCUT2D eigenvalue weighted by atomic mass is 32.1. The van der Waals surface area contributed by atoms with Gasteiger partial charge >= 0.3 is 0 Å². The van der Waals surface area contributed by atoms with E-state index in [0.717, 1.165) is 29.0 Å². The number of nitrogens with zero attached hydrogens (tertiary/aromatic N) is 1. The molecule has 0 aliphatic carbocycles. The van der Waals surface area contributed by atoms with Gasteiger partial charge in [-0.1, -0.05) is 48.5 Å². The number of anilines is 1. The lowest BCUT2D eigenvalue weighted by Gasteiger charge is -2.12. The van der Waals surface area contributed by atoms with Gasteiger partial charge in [0.15, 0.2) is 5.43 Å². The van der Waals surface area contributed by atoms with Gasteiger partial charge in [0.1, 0.15) is 17.5 Å². The van der Waals surface area contributed by atoms with Crippen LogP contribution < -0.4 is 10.7 Å². The summed E-state index contributed by atoms with van der Waals surface area (Å²) in [4.78, 5) is 17.9. The molecule has 0 radical (unpaired) electrons. The lowest BCUT2D eigenvalue weighted by molar-refractivity contribution is 0.593. The fraction of sp³-hybridized carbons (Fsp3) is 0.0435. The van der Waals surface area contributed by atoms with Crippen LogP contribution in [0.5, 0.6) is 0 Å². The van der Waals surface area contributed by atoms with Crippen molar-refractivity contribution < 1.29 is 8.78 Å². The second-order valence-corrected chi connectivity index (χ2v) is 7.74. The summed E-state index contributed by atoms with van der Waals surface area (Å²) in [5, 5.41) is 4.42. The van der Waals surface area contributed by atoms with Gasteiger partial charge in [-0.25, -0.2) is 13.8 Å². The molecule has 3 nitrogen and oxygen atoms in total. The van der Waals surface area contributed by atoms with Crippen LogP contribution >= 0.6 is 11.3 Å². The van der Waals surface area contributed by atoms with Crippen LogP contribution in [-0.2, 0) is 6.54 Å². The highest BCUT2D eigenvalue weighted by Gasteiger charge is 2.17. The minimum absolute atomic E-state index is 0.0466. The predicted molar refractivity (Wildman–Crippen MR) is 115 cm³/mol. The van der Waals surface area contributed by atoms with Crippen molar-refractivity contribution in [2.45, 2.75) is 6.54 Å². The molecule has 2 heterocycles. The first-order valence-corrected chi connectivity index (χ1v) is 9.85. The first-order valence-electron chi connectivity index (χ1n) is 9.04. The zero-order valence-electron chi connectivity index (χ0n) is 15.1. The molecule has 0 saturated carbocycles. The smallest absolute Gasteiger partial charge is 0.196 e. The van der Waals surface area contributed by atoms with Crippen molar-refractivity contribution in [1.29, 1.82) is 0 Å². The maximum Gasteiger partial charge on any atom is 0.196 e. The molecule has 3 aromatic carbocycles. The highest BCUT2D eigenvalue weighted by Crippen LogP contribution is 2.35. The average molecular weight is 404 g/mol. The number of benzene rings is 3. The van der Waals surface area contributed by atoms with E-state index in [9.17, 15) is 13.6 Å². The van der Waals surface area contributed by atoms with Crippen LogP contribution in [0.25, 0.3) is 31.1 Å². The first kappa shape index (κ1) is 17.7. The van der Waals surface area contributed by atoms with Gasteiger partial charge in [0, 0.05) is 23.4 Å². The van der Waals surface area contributed by atoms with Crippen LogP contribution in [-0.4, -0.2) is 4.98 Å². The van der Waals surface area contributed by atoms with Crippen molar-refractivity contribution in [1.82, 2.24) is 4.98 Å². The van der Waals surface area contributed by atoms with E-state index >= 15 is 0 Å². The lowest BCUT2D eigenvalue weighted by atomic mass is 10.1. The van der Waals surface area contributed by atoms with Crippen LogP contribution in [0.15, 0.2) is 71.5 Å². The molecule has 0 saturated heterocycles. The number of aromatic nitrogens is 1. The number of nitrogens with one attached hydrogen (secondary N) is 1. The maximum absolute atomic E-state index is 14.4. The second-order valence-electron chi connectivity index (χ2n) is 6.72. The molecule has 0 bridgehead atoms. The zero-order chi connectivity index (χ0) is 20.0. The van der Waals surface area contributed by atoms with E-state index in [1.54, 1.807) is 6.07 Å². The Bertz CT molecular complexity index is 1450. The number of rotatable bonds is 3. The fourth-order valence-corrected chi connectivity index (χ4v) is 4.63. The first-order chi connectivity index (χ1) is 14.1. The third-order valence-corrected chi connectivity index (χ3v) is 6.06. The van der Waals surface area contributed by atoms with Gasteiger partial charge in [-0.2, -0.15) is 0 Å². The SMILES string of the molecule is O=c1c2cc(F)cc(F)c2sc2c(NCc3ccccc3)nc3ccccc3c12. The molecular weight excluding hydrogens is 390 g/mol. The summed E-state index contributed by atoms with van der Waals surface area (Å²) >= 11 is 1.11. The van der Waals surface area contributed by atoms with Crippen molar-refractivity contribution in [3.05, 3.63) is 94.2 Å². The van der Waals surface area contributed by atoms with Crippen LogP contribution in [0, 0.1) is 11.6 Å². The Morgan fingerprint density at radius 1 is 0.897 bits per heavy atom. The zero-order valence-corrected chi connectivity index (χ0v) is 15.9. The van der Waals surface area contributed by atoms with Crippen molar-refractivity contribution in [2.24, 2.45) is 0 Å². The Balaban J connectivity index is 1.83. The molecule has 0 amide bonds. The summed E-state index contributed by atoms with van der Waals surface area (Å²) < 4.78 is 28.9. The lowest BCUT2D eigenvalue weighted by Crippen LogP contribution is -2.07. The van der Waals surface area contributed by atoms with Gasteiger partial charge in [0.05, 0.1) is 20.3 Å². The Morgan fingerprint density at radius 3 is 2.48 bits per heavy atom. The fourth-order valence-electron chi connectivity index (χ4n) is 3.49. The molecule has 0 unspecified atom stereocenters. The topological polar surface area (TPSA) is 42.0 Å². The standard InChI is InChI=1S/C23H14F2N2OS/c24-14-10-16-20(28)19-15-8-4-5-9-18(15)27-23(22(19)29-21(16)17(25)11-14)26-12-13-6-2-1-3-7-13/h1-11H,12H2,(H,26,27). The molecule has 0 fully saturated rings. The number of halogens is 2. The van der Waals surface area contributed by atoms with Gasteiger partial charge < -0.3 is 5.32 Å². The highest BCUT2D eigenvalue weighted by molar-refractivity contribution is 7.25. The predicted octanol–water partition coefficient (Wildman–Crippen LogP) is 5.85. The summed E-state index contributed by atoms with van der Waals surface area (Å²) in [7, 11) is 0. The second kappa shape index (κ2) is 6.90. The minimum atomic E-state index is -0.764. The summed E-state index contributed by atoms with van der Waals surface area (Å²) in [5.74, 6) is -0.999. The van der Waals surface area contributed by atoms with Gasteiger partial charge in [-0.3, -0.25) is 4.79 Å². The minimum Gasteiger partial charge on any atom is -0.365 e. The molecule has 2 aromatic heterocycles. The van der Waals surface area contributed by atoms with Crippen molar-refractivity contribution in [2.75, 3.05) is 5.32 Å². The molecule has 0 aliphatic heterocycles. The molecule has 0 aliphatic rings. The molecule has 6 heteroatoms. The Morgan fingerprint density at radius 2 is 1.66 bits per heavy atom. The van der Waals surface area contributed by atoms with Crippen LogP contribution in [0.3, 0.4) is 0 Å². The summed E-state index contributed by atoms with van der Waals surface area (Å²) in [6.45, 7) is 0.506. The monoisotopic (exact) mass is 404 g/mol. The third kappa shape index (κ3) is 3.02. The quantitative estimate of drug-likeness (QED) is 0.303. The van der Waals surface area contributed by atoms with E-state index in [-0.39, 0.29) is 10.1 Å². The molecule has 29 heavy (non-hydrogen) atoms. The average Bonchev–Trinajstić information content (AvgIpc) is 2.73. The Hall–Kier alpha value is -3.38. The van der Waals surface area contributed by atoms with Gasteiger partial charge in [0.25, 0.3) is 0 Å². The summed E-state index contributed by atoms with van der Waals surface area (Å²) in [6, 6.07) is 19.0. The largest absolute Gasteiger partial charge is 0.365 e. The molecule has 0 atom stereocenters. The molecular formula is C23H14F2N2OS. The van der Waals surface area contributed by atoms with Crippen LogP contribution in [0.2, 0.25) is 0 Å². The van der Waals surface area contributed by atoms with Crippen molar-refractivity contribution >= 4 is 48.2 Å². The van der Waals surface area contributed by atoms with Crippen molar-refractivity contribution in [3.63, 3.8) is 0 Å². The van der Waals surface area contributed by atoms with Gasteiger partial charge in [0.2, 0.25) is 0 Å². The number of para-hydroxylation sites is 1. The normalized spacial score (nSPS) is 11.4. The maximum atomic E-state index is 14.4. The Kier molecular flexibility index (Phi) is 4.21. The summed E-state index contributed by atoms with van der Waals surface area (Å²) in [5.41, 5.74) is 1.31. The number of hydrogen-bond acceptors (Lipinski definition) is 4. The van der Waals surface area contributed by atoms with E-state index in [1.807, 2.05) is 48.5 Å². The third-order valence-electron chi connectivity index (χ3n) is 4.83. The van der Waals surface area contributed by atoms with E-state index in [4.69, 9.17) is 0 Å². The molecule has 142 valence electrons. The molecule has 5 aromatic rings.